The second-order valence-electron chi connectivity index (χ2n) is 5.26. The van der Waals surface area contributed by atoms with Gasteiger partial charge in [-0.3, -0.25) is 0 Å². The molecule has 2 atom stereocenters. The Morgan fingerprint density at radius 1 is 1.50 bits per heavy atom. The van der Waals surface area contributed by atoms with Crippen molar-refractivity contribution in [1.29, 1.82) is 0 Å². The van der Waals surface area contributed by atoms with E-state index >= 15 is 0 Å². The van der Waals surface area contributed by atoms with Crippen LogP contribution in [0, 0.1) is 0 Å². The zero-order valence-corrected chi connectivity index (χ0v) is 11.5. The van der Waals surface area contributed by atoms with Gasteiger partial charge in [0.15, 0.2) is 0 Å². The lowest BCUT2D eigenvalue weighted by Crippen LogP contribution is -2.36. The van der Waals surface area contributed by atoms with Crippen molar-refractivity contribution >= 4 is 5.95 Å². The van der Waals surface area contributed by atoms with Crippen LogP contribution in [0.4, 0.5) is 5.95 Å². The predicted molar refractivity (Wildman–Crippen MR) is 73.8 cm³/mol. The van der Waals surface area contributed by atoms with Crippen molar-refractivity contribution in [2.45, 2.75) is 25.3 Å². The summed E-state index contributed by atoms with van der Waals surface area (Å²) >= 11 is 0. The Morgan fingerprint density at radius 3 is 2.67 bits per heavy atom. The van der Waals surface area contributed by atoms with Gasteiger partial charge < -0.3 is 15.5 Å². The minimum atomic E-state index is 0.258. The molecule has 2 heterocycles. The van der Waals surface area contributed by atoms with Crippen molar-refractivity contribution in [3.8, 4) is 0 Å². The zero-order chi connectivity index (χ0) is 13.1. The highest BCUT2D eigenvalue weighted by Gasteiger charge is 2.22. The van der Waals surface area contributed by atoms with E-state index in [1.807, 2.05) is 24.3 Å². The molecule has 1 saturated heterocycles. The standard InChI is InChI=1S/C13H23N5/c1-10(6-14)18(3)13-15-7-12(8-16-13)11-4-5-17(2)9-11/h7-8,10-11H,4-6,9,14H2,1-3H3. The summed E-state index contributed by atoms with van der Waals surface area (Å²) in [4.78, 5) is 13.3. The van der Waals surface area contributed by atoms with E-state index in [9.17, 15) is 0 Å². The van der Waals surface area contributed by atoms with E-state index in [2.05, 4.69) is 28.8 Å². The van der Waals surface area contributed by atoms with Gasteiger partial charge in [0.25, 0.3) is 0 Å². The van der Waals surface area contributed by atoms with Crippen LogP contribution in [-0.2, 0) is 0 Å². The molecular weight excluding hydrogens is 226 g/mol. The van der Waals surface area contributed by atoms with Crippen molar-refractivity contribution in [3.63, 3.8) is 0 Å². The lowest BCUT2D eigenvalue weighted by Gasteiger charge is -2.23. The van der Waals surface area contributed by atoms with Crippen LogP contribution in [0.2, 0.25) is 0 Å². The first-order chi connectivity index (χ1) is 8.61. The Kier molecular flexibility index (Phi) is 4.14. The van der Waals surface area contributed by atoms with Gasteiger partial charge in [-0.15, -0.1) is 0 Å². The summed E-state index contributed by atoms with van der Waals surface area (Å²) in [5, 5.41) is 0. The molecule has 0 bridgehead atoms. The van der Waals surface area contributed by atoms with Crippen molar-refractivity contribution in [2.75, 3.05) is 38.6 Å². The van der Waals surface area contributed by atoms with Gasteiger partial charge in [-0.2, -0.15) is 0 Å². The second kappa shape index (κ2) is 5.63. The predicted octanol–water partition coefficient (Wildman–Crippen LogP) is 0.679. The van der Waals surface area contributed by atoms with Gasteiger partial charge in [0.2, 0.25) is 5.95 Å². The Bertz CT molecular complexity index is 356. The molecule has 0 radical (unpaired) electrons. The molecule has 2 rings (SSSR count). The molecular formula is C13H23N5. The quantitative estimate of drug-likeness (QED) is 0.850. The molecule has 2 N–H and O–H groups in total. The average molecular weight is 249 g/mol. The fourth-order valence-corrected chi connectivity index (χ4v) is 2.29. The minimum Gasteiger partial charge on any atom is -0.340 e. The largest absolute Gasteiger partial charge is 0.340 e. The monoisotopic (exact) mass is 249 g/mol. The van der Waals surface area contributed by atoms with Crippen LogP contribution >= 0.6 is 0 Å². The molecule has 1 aliphatic rings. The summed E-state index contributed by atoms with van der Waals surface area (Å²) in [6.45, 7) is 4.95. The van der Waals surface area contributed by atoms with E-state index in [0.29, 0.717) is 12.5 Å². The summed E-state index contributed by atoms with van der Waals surface area (Å²) in [6.07, 6.45) is 5.13. The summed E-state index contributed by atoms with van der Waals surface area (Å²) in [6, 6.07) is 0.258. The van der Waals surface area contributed by atoms with Crippen molar-refractivity contribution in [3.05, 3.63) is 18.0 Å². The molecule has 100 valence electrons. The maximum Gasteiger partial charge on any atom is 0.225 e. The Morgan fingerprint density at radius 2 is 2.17 bits per heavy atom. The number of hydrogen-bond acceptors (Lipinski definition) is 5. The smallest absolute Gasteiger partial charge is 0.225 e. The van der Waals surface area contributed by atoms with Gasteiger partial charge in [0, 0.05) is 44.5 Å². The third kappa shape index (κ3) is 2.79. The van der Waals surface area contributed by atoms with Crippen LogP contribution in [0.15, 0.2) is 12.4 Å². The van der Waals surface area contributed by atoms with Crippen LogP contribution in [0.25, 0.3) is 0 Å². The van der Waals surface area contributed by atoms with Gasteiger partial charge in [-0.05, 0) is 32.5 Å². The third-order valence-corrected chi connectivity index (χ3v) is 3.84. The van der Waals surface area contributed by atoms with Crippen molar-refractivity contribution in [1.82, 2.24) is 14.9 Å². The fourth-order valence-electron chi connectivity index (χ4n) is 2.29. The molecule has 5 heteroatoms. The maximum atomic E-state index is 5.65. The molecule has 1 aromatic rings. The summed E-state index contributed by atoms with van der Waals surface area (Å²) in [5.41, 5.74) is 6.90. The van der Waals surface area contributed by atoms with E-state index < -0.39 is 0 Å². The Hall–Kier alpha value is -1.20. The minimum absolute atomic E-state index is 0.258. The first-order valence-electron chi connectivity index (χ1n) is 6.55. The molecule has 0 aromatic carbocycles. The highest BCUT2D eigenvalue weighted by Crippen LogP contribution is 2.25. The molecule has 0 amide bonds. The van der Waals surface area contributed by atoms with E-state index in [1.54, 1.807) is 0 Å². The summed E-state index contributed by atoms with van der Waals surface area (Å²) in [5.74, 6) is 1.34. The topological polar surface area (TPSA) is 58.3 Å². The molecule has 1 fully saturated rings. The number of likely N-dealkylation sites (tertiary alicyclic amines) is 1. The summed E-state index contributed by atoms with van der Waals surface area (Å²) in [7, 11) is 4.14. The molecule has 5 nitrogen and oxygen atoms in total. The lowest BCUT2D eigenvalue weighted by atomic mass is 10.0. The molecule has 0 spiro atoms. The number of nitrogens with two attached hydrogens (primary N) is 1. The van der Waals surface area contributed by atoms with E-state index in [1.165, 1.54) is 12.0 Å². The number of hydrogen-bond donors (Lipinski definition) is 1. The first kappa shape index (κ1) is 13.2. The van der Waals surface area contributed by atoms with Crippen LogP contribution in [0.1, 0.15) is 24.8 Å². The molecule has 2 unspecified atom stereocenters. The Labute approximate surface area is 109 Å². The number of aromatic nitrogens is 2. The number of anilines is 1. The van der Waals surface area contributed by atoms with Gasteiger partial charge >= 0.3 is 0 Å². The van der Waals surface area contributed by atoms with Gasteiger partial charge in [0.1, 0.15) is 0 Å². The van der Waals surface area contributed by atoms with E-state index in [-0.39, 0.29) is 6.04 Å². The average Bonchev–Trinajstić information content (AvgIpc) is 2.84. The van der Waals surface area contributed by atoms with Crippen LogP contribution < -0.4 is 10.6 Å². The summed E-state index contributed by atoms with van der Waals surface area (Å²) < 4.78 is 0. The van der Waals surface area contributed by atoms with Gasteiger partial charge in [0.05, 0.1) is 0 Å². The highest BCUT2D eigenvalue weighted by molar-refractivity contribution is 5.31. The lowest BCUT2D eigenvalue weighted by molar-refractivity contribution is 0.411. The molecule has 1 aromatic heterocycles. The van der Waals surface area contributed by atoms with Crippen molar-refractivity contribution < 1.29 is 0 Å². The Balaban J connectivity index is 2.05. The van der Waals surface area contributed by atoms with Crippen molar-refractivity contribution in [2.24, 2.45) is 5.73 Å². The number of rotatable bonds is 4. The van der Waals surface area contributed by atoms with Crippen LogP contribution in [0.3, 0.4) is 0 Å². The van der Waals surface area contributed by atoms with Gasteiger partial charge in [-0.25, -0.2) is 9.97 Å². The highest BCUT2D eigenvalue weighted by atomic mass is 15.2. The van der Waals surface area contributed by atoms with Gasteiger partial charge in [-0.1, -0.05) is 0 Å². The zero-order valence-electron chi connectivity index (χ0n) is 11.5. The number of likely N-dealkylation sites (N-methyl/N-ethyl adjacent to an activating group) is 2. The van der Waals surface area contributed by atoms with E-state index in [0.717, 1.165) is 19.0 Å². The van der Waals surface area contributed by atoms with Crippen LogP contribution in [0.5, 0.6) is 0 Å². The van der Waals surface area contributed by atoms with Crippen LogP contribution in [-0.4, -0.2) is 54.6 Å². The second-order valence-corrected chi connectivity index (χ2v) is 5.26. The normalized spacial score (nSPS) is 22.1. The first-order valence-corrected chi connectivity index (χ1v) is 6.55. The van der Waals surface area contributed by atoms with E-state index in [4.69, 9.17) is 5.73 Å². The number of nitrogens with zero attached hydrogens (tertiary/aromatic N) is 4. The molecule has 18 heavy (non-hydrogen) atoms. The third-order valence-electron chi connectivity index (χ3n) is 3.84. The maximum absolute atomic E-state index is 5.65. The molecule has 0 aliphatic carbocycles. The fraction of sp³-hybridized carbons (Fsp3) is 0.692. The molecule has 0 saturated carbocycles. The molecule has 1 aliphatic heterocycles. The SMILES string of the molecule is CC(CN)N(C)c1ncc(C2CCN(C)C2)cn1.